The van der Waals surface area contributed by atoms with Gasteiger partial charge in [-0.2, -0.15) is 5.26 Å². The van der Waals surface area contributed by atoms with Gasteiger partial charge in [0.05, 0.1) is 11.0 Å². The first kappa shape index (κ1) is 24.2. The van der Waals surface area contributed by atoms with E-state index in [0.29, 0.717) is 5.56 Å². The highest BCUT2D eigenvalue weighted by molar-refractivity contribution is 6.26. The molecule has 1 aliphatic heterocycles. The number of nitriles is 1. The van der Waals surface area contributed by atoms with Crippen molar-refractivity contribution in [1.29, 1.82) is 5.26 Å². The Morgan fingerprint density at radius 1 is 1.03 bits per heavy atom. The zero-order chi connectivity index (χ0) is 25.7. The number of pyridine rings is 1. The largest absolute Gasteiger partial charge is 0.871 e. The van der Waals surface area contributed by atoms with E-state index in [0.717, 1.165) is 28.0 Å². The van der Waals surface area contributed by atoms with Gasteiger partial charge >= 0.3 is 0 Å². The first-order valence-electron chi connectivity index (χ1n) is 11.7. The third kappa shape index (κ3) is 4.33. The van der Waals surface area contributed by atoms with Crippen LogP contribution in [0.15, 0.2) is 88.8 Å². The number of aromatic nitrogens is 1. The highest BCUT2D eigenvalue weighted by Crippen LogP contribution is 2.41. The number of aryl methyl sites for hydroxylation is 1. The first-order chi connectivity index (χ1) is 16.3. The number of carbonyl (C=O) groups excluding carboxylic acids is 1. The molecule has 35 heavy (non-hydrogen) atoms. The van der Waals surface area contributed by atoms with Crippen molar-refractivity contribution in [2.45, 2.75) is 41.5 Å². The van der Waals surface area contributed by atoms with E-state index in [1.165, 1.54) is 0 Å². The summed E-state index contributed by atoms with van der Waals surface area (Å²) in [5, 5.41) is 24.0. The monoisotopic (exact) mass is 466 g/mol. The van der Waals surface area contributed by atoms with Gasteiger partial charge in [0.2, 0.25) is 5.52 Å². The molecule has 1 aliphatic carbocycles. The van der Waals surface area contributed by atoms with Crippen LogP contribution in [0.4, 0.5) is 0 Å². The molecule has 1 aromatic heterocycles. The van der Waals surface area contributed by atoms with Crippen LogP contribution in [0.1, 0.15) is 47.1 Å². The number of Topliss-reactive ketones (excluding diaryl/α,β-unsaturated/α-hetero) is 1. The highest BCUT2D eigenvalue weighted by atomic mass is 16.5. The average molecular weight is 467 g/mol. The number of carbonyl (C=O) groups is 1. The molecular formula is C30H30N2O3. The number of rotatable bonds is 2. The molecular weight excluding hydrogens is 436 g/mol. The van der Waals surface area contributed by atoms with Crippen molar-refractivity contribution < 1.29 is 19.2 Å². The predicted octanol–water partition coefficient (Wildman–Crippen LogP) is 4.96. The average Bonchev–Trinajstić information content (AvgIpc) is 2.80. The fourth-order valence-electron chi connectivity index (χ4n) is 4.12. The minimum atomic E-state index is -0.403. The summed E-state index contributed by atoms with van der Waals surface area (Å²) < 4.78 is 8.10. The first-order valence-corrected chi connectivity index (χ1v) is 11.7. The molecule has 0 amide bonds. The second-order valence-corrected chi connectivity index (χ2v) is 11.1. The van der Waals surface area contributed by atoms with Gasteiger partial charge in [-0.25, -0.2) is 4.57 Å². The number of nitrogens with zero attached hydrogens (tertiary/aromatic N) is 2. The van der Waals surface area contributed by atoms with E-state index in [9.17, 15) is 15.2 Å². The van der Waals surface area contributed by atoms with E-state index in [4.69, 9.17) is 4.74 Å². The summed E-state index contributed by atoms with van der Waals surface area (Å²) in [6.07, 6.45) is 7.20. The number of hydrogen-bond acceptors (Lipinski definition) is 4. The molecule has 0 fully saturated rings. The number of ether oxygens (including phenoxy) is 1. The lowest BCUT2D eigenvalue weighted by Crippen LogP contribution is -2.31. The summed E-state index contributed by atoms with van der Waals surface area (Å²) in [5.74, 6) is 0.736. The Labute approximate surface area is 206 Å². The molecule has 5 heteroatoms. The van der Waals surface area contributed by atoms with Crippen molar-refractivity contribution in [2.24, 2.45) is 17.9 Å². The van der Waals surface area contributed by atoms with Crippen molar-refractivity contribution in [3.05, 3.63) is 94.3 Å². The van der Waals surface area contributed by atoms with Crippen LogP contribution in [-0.2, 0) is 16.6 Å². The minimum Gasteiger partial charge on any atom is -0.871 e. The summed E-state index contributed by atoms with van der Waals surface area (Å²) in [6.45, 7) is 12.3. The van der Waals surface area contributed by atoms with Crippen LogP contribution >= 0.6 is 0 Å². The molecule has 0 radical (unpaired) electrons. The van der Waals surface area contributed by atoms with Gasteiger partial charge in [-0.15, -0.1) is 0 Å². The van der Waals surface area contributed by atoms with E-state index in [2.05, 4.69) is 47.6 Å². The summed E-state index contributed by atoms with van der Waals surface area (Å²) in [4.78, 5) is 13.2. The molecule has 0 N–H and O–H groups in total. The molecule has 5 nitrogen and oxygen atoms in total. The second kappa shape index (κ2) is 8.39. The Bertz CT molecular complexity index is 1430. The molecule has 0 saturated heterocycles. The number of para-hydroxylation sites is 1. The van der Waals surface area contributed by atoms with E-state index in [-0.39, 0.29) is 27.5 Å². The topological polar surface area (TPSA) is 77.0 Å². The van der Waals surface area contributed by atoms with E-state index in [1.807, 2.05) is 54.2 Å². The van der Waals surface area contributed by atoms with Crippen LogP contribution in [0, 0.1) is 22.2 Å². The number of fused-ring (bicyclic) bond motifs is 1. The Morgan fingerprint density at radius 3 is 2.17 bits per heavy atom. The zero-order valence-corrected chi connectivity index (χ0v) is 21.3. The van der Waals surface area contributed by atoms with Gasteiger partial charge in [0.1, 0.15) is 24.6 Å². The molecule has 2 heterocycles. The molecule has 0 unspecified atom stereocenters. The van der Waals surface area contributed by atoms with Gasteiger partial charge in [-0.1, -0.05) is 59.4 Å². The van der Waals surface area contributed by atoms with Crippen molar-refractivity contribution >= 4 is 22.3 Å². The Balaban J connectivity index is 1.85. The number of hydrogen-bond donors (Lipinski definition) is 0. The highest BCUT2D eigenvalue weighted by Gasteiger charge is 2.33. The summed E-state index contributed by atoms with van der Waals surface area (Å²) in [5.41, 5.74) is 1.89. The van der Waals surface area contributed by atoms with Crippen molar-refractivity contribution in [3.8, 4) is 6.07 Å². The zero-order valence-electron chi connectivity index (χ0n) is 21.3. The smallest absolute Gasteiger partial charge is 0.212 e. The van der Waals surface area contributed by atoms with Gasteiger partial charge in [0, 0.05) is 39.7 Å². The lowest BCUT2D eigenvalue weighted by atomic mass is 9.80. The van der Waals surface area contributed by atoms with Crippen molar-refractivity contribution in [3.63, 3.8) is 0 Å². The van der Waals surface area contributed by atoms with Crippen LogP contribution in [0.5, 0.6) is 0 Å². The Hall–Kier alpha value is -3.91. The Kier molecular flexibility index (Phi) is 5.81. The van der Waals surface area contributed by atoms with Gasteiger partial charge in [0.25, 0.3) is 0 Å². The molecule has 0 saturated carbocycles. The third-order valence-electron chi connectivity index (χ3n) is 6.22. The van der Waals surface area contributed by atoms with E-state index < -0.39 is 11.5 Å². The molecule has 0 atom stereocenters. The standard InChI is InChI=1S/C30H30N2O3/c1-29(2,3)24-15-18(16-25(35-24)30(4,5)6)14-21-27(33)26(28(21)34)22(17-31)19-12-13-32(7)23-11-9-8-10-20(19)23/h8-16H,1-7H3. The number of ketones is 1. The molecule has 1 aromatic carbocycles. The summed E-state index contributed by atoms with van der Waals surface area (Å²) in [7, 11) is 1.91. The molecule has 178 valence electrons. The van der Waals surface area contributed by atoms with Gasteiger partial charge in [0.15, 0.2) is 12.0 Å². The van der Waals surface area contributed by atoms with Gasteiger partial charge in [-0.05, 0) is 29.9 Å². The maximum absolute atomic E-state index is 13.2. The van der Waals surface area contributed by atoms with Gasteiger partial charge in [-0.3, -0.25) is 4.79 Å². The predicted molar refractivity (Wildman–Crippen MR) is 134 cm³/mol. The fourth-order valence-corrected chi connectivity index (χ4v) is 4.12. The van der Waals surface area contributed by atoms with Crippen LogP contribution in [0.3, 0.4) is 0 Å². The molecule has 2 aliphatic rings. The van der Waals surface area contributed by atoms with Crippen LogP contribution in [0.25, 0.3) is 16.5 Å². The van der Waals surface area contributed by atoms with Crippen LogP contribution in [0.2, 0.25) is 0 Å². The molecule has 4 rings (SSSR count). The Morgan fingerprint density at radius 2 is 1.63 bits per heavy atom. The second-order valence-electron chi connectivity index (χ2n) is 11.1. The lowest BCUT2D eigenvalue weighted by molar-refractivity contribution is -0.644. The normalized spacial score (nSPS) is 17.9. The van der Waals surface area contributed by atoms with Crippen molar-refractivity contribution in [2.75, 3.05) is 0 Å². The number of benzene rings is 1. The lowest BCUT2D eigenvalue weighted by Gasteiger charge is -2.33. The molecule has 2 aromatic rings. The fraction of sp³-hybridized carbons (Fsp3) is 0.300. The number of allylic oxidation sites excluding steroid dienone is 9. The third-order valence-corrected chi connectivity index (χ3v) is 6.22. The maximum atomic E-state index is 13.2. The SMILES string of the molecule is C[n+]1ccc(C(C#N)=C2C(=O)C(C=C3C=C(C(C)(C)C)OC(C(C)(C)C)=C3)=C2[O-])c2ccccc21. The summed E-state index contributed by atoms with van der Waals surface area (Å²) in [6, 6.07) is 11.5. The van der Waals surface area contributed by atoms with E-state index in [1.54, 1.807) is 12.1 Å². The maximum Gasteiger partial charge on any atom is 0.212 e. The van der Waals surface area contributed by atoms with Crippen molar-refractivity contribution in [1.82, 2.24) is 0 Å². The quantitative estimate of drug-likeness (QED) is 0.356. The van der Waals surface area contributed by atoms with Crippen LogP contribution < -0.4 is 9.67 Å². The van der Waals surface area contributed by atoms with Gasteiger partial charge < -0.3 is 9.84 Å². The summed E-state index contributed by atoms with van der Waals surface area (Å²) >= 11 is 0. The van der Waals surface area contributed by atoms with E-state index >= 15 is 0 Å². The molecule has 0 spiro atoms. The molecule has 0 bridgehead atoms. The van der Waals surface area contributed by atoms with Crippen LogP contribution in [-0.4, -0.2) is 5.78 Å². The minimum absolute atomic E-state index is 0.0505.